The molecule has 0 aliphatic carbocycles. The first-order chi connectivity index (χ1) is 12.5. The number of halogens is 1. The van der Waals surface area contributed by atoms with Crippen LogP contribution >= 0.6 is 0 Å². The molecule has 1 N–H and O–H groups in total. The van der Waals surface area contributed by atoms with E-state index in [4.69, 9.17) is 4.74 Å². The summed E-state index contributed by atoms with van der Waals surface area (Å²) in [7, 11) is 0. The van der Waals surface area contributed by atoms with Crippen molar-refractivity contribution in [2.45, 2.75) is 26.3 Å². The highest BCUT2D eigenvalue weighted by Crippen LogP contribution is 2.17. The largest absolute Gasteiger partial charge is 0.452 e. The molecule has 2 rings (SSSR count). The molecule has 1 amide bonds. The van der Waals surface area contributed by atoms with Crippen LogP contribution in [-0.4, -0.2) is 18.5 Å². The van der Waals surface area contributed by atoms with Crippen molar-refractivity contribution in [1.29, 1.82) is 0 Å². The highest BCUT2D eigenvalue weighted by molar-refractivity contribution is 5.89. The number of amides is 1. The fraction of sp³-hybridized carbons (Fsp3) is 0.238. The molecule has 0 spiro atoms. The van der Waals surface area contributed by atoms with Crippen LogP contribution in [0.25, 0.3) is 6.08 Å². The zero-order chi connectivity index (χ0) is 18.9. The molecular formula is C21H22FNO3. The average Bonchev–Trinajstić information content (AvgIpc) is 2.64. The zero-order valence-corrected chi connectivity index (χ0v) is 14.9. The van der Waals surface area contributed by atoms with Gasteiger partial charge in [0.05, 0.1) is 6.04 Å². The fourth-order valence-electron chi connectivity index (χ4n) is 2.41. The lowest BCUT2D eigenvalue weighted by Crippen LogP contribution is -2.32. The Bertz CT molecular complexity index is 784. The molecule has 5 heteroatoms. The number of aryl methyl sites for hydroxylation is 1. The molecule has 0 aliphatic rings. The van der Waals surface area contributed by atoms with E-state index in [1.165, 1.54) is 12.1 Å². The molecule has 0 unspecified atom stereocenters. The van der Waals surface area contributed by atoms with Gasteiger partial charge in [0.15, 0.2) is 6.61 Å². The van der Waals surface area contributed by atoms with Gasteiger partial charge in [0.1, 0.15) is 5.82 Å². The number of esters is 1. The number of rotatable bonds is 7. The van der Waals surface area contributed by atoms with Crippen molar-refractivity contribution in [1.82, 2.24) is 5.32 Å². The molecule has 4 nitrogen and oxygen atoms in total. The van der Waals surface area contributed by atoms with Gasteiger partial charge in [-0.1, -0.05) is 55.0 Å². The second-order valence-corrected chi connectivity index (χ2v) is 5.90. The Balaban J connectivity index is 1.84. The predicted molar refractivity (Wildman–Crippen MR) is 98.7 cm³/mol. The van der Waals surface area contributed by atoms with Crippen molar-refractivity contribution in [3.05, 3.63) is 77.1 Å². The Morgan fingerprint density at radius 1 is 1.15 bits per heavy atom. The van der Waals surface area contributed by atoms with Crippen LogP contribution < -0.4 is 5.32 Å². The molecule has 0 aliphatic heterocycles. The van der Waals surface area contributed by atoms with Crippen LogP contribution in [0.2, 0.25) is 0 Å². The van der Waals surface area contributed by atoms with Crippen LogP contribution in [0, 0.1) is 12.7 Å². The lowest BCUT2D eigenvalue weighted by molar-refractivity contribution is -0.144. The van der Waals surface area contributed by atoms with Gasteiger partial charge in [-0.05, 0) is 31.1 Å². The van der Waals surface area contributed by atoms with Gasteiger partial charge in [-0.25, -0.2) is 9.18 Å². The summed E-state index contributed by atoms with van der Waals surface area (Å²) in [4.78, 5) is 23.7. The van der Waals surface area contributed by atoms with Gasteiger partial charge < -0.3 is 10.1 Å². The Kier molecular flexibility index (Phi) is 7.09. The molecule has 0 saturated heterocycles. The van der Waals surface area contributed by atoms with Gasteiger partial charge in [0.2, 0.25) is 0 Å². The summed E-state index contributed by atoms with van der Waals surface area (Å²) < 4.78 is 18.4. The topological polar surface area (TPSA) is 55.4 Å². The number of hydrogen-bond acceptors (Lipinski definition) is 3. The number of hydrogen-bond donors (Lipinski definition) is 1. The molecule has 136 valence electrons. The fourth-order valence-corrected chi connectivity index (χ4v) is 2.41. The summed E-state index contributed by atoms with van der Waals surface area (Å²) in [5.41, 5.74) is 2.42. The Hall–Kier alpha value is -2.95. The smallest absolute Gasteiger partial charge is 0.331 e. The van der Waals surface area contributed by atoms with Crippen LogP contribution in [0.3, 0.4) is 0 Å². The number of ether oxygens (including phenoxy) is 1. The third kappa shape index (κ3) is 5.84. The molecule has 0 fully saturated rings. The number of nitrogens with one attached hydrogen (secondary N) is 1. The monoisotopic (exact) mass is 355 g/mol. The third-order valence-electron chi connectivity index (χ3n) is 3.87. The molecule has 0 radical (unpaired) electrons. The summed E-state index contributed by atoms with van der Waals surface area (Å²) in [6.07, 6.45) is 3.13. The quantitative estimate of drug-likeness (QED) is 0.604. The number of carbonyl (C=O) groups is 2. The molecular weight excluding hydrogens is 333 g/mol. The maximum atomic E-state index is 13.5. The van der Waals surface area contributed by atoms with E-state index in [9.17, 15) is 14.0 Å². The predicted octanol–water partition coefficient (Wildman–Crippen LogP) is 3.96. The normalized spacial score (nSPS) is 12.0. The van der Waals surface area contributed by atoms with E-state index in [2.05, 4.69) is 5.32 Å². The first kappa shape index (κ1) is 19.4. The SMILES string of the molecule is CC[C@@H](NC(=O)COC(=O)/C=C/c1ccccc1F)c1ccc(C)cc1. The maximum absolute atomic E-state index is 13.5. The third-order valence-corrected chi connectivity index (χ3v) is 3.87. The number of benzene rings is 2. The van der Waals surface area contributed by atoms with Gasteiger partial charge >= 0.3 is 5.97 Å². The summed E-state index contributed by atoms with van der Waals surface area (Å²) in [5.74, 6) is -1.52. The average molecular weight is 355 g/mol. The van der Waals surface area contributed by atoms with Crippen molar-refractivity contribution < 1.29 is 18.7 Å². The van der Waals surface area contributed by atoms with Crippen LogP contribution in [0.15, 0.2) is 54.6 Å². The maximum Gasteiger partial charge on any atom is 0.331 e. The van der Waals surface area contributed by atoms with Crippen LogP contribution in [-0.2, 0) is 14.3 Å². The second-order valence-electron chi connectivity index (χ2n) is 5.90. The summed E-state index contributed by atoms with van der Waals surface area (Å²) in [6.45, 7) is 3.58. The Morgan fingerprint density at radius 3 is 2.50 bits per heavy atom. The molecule has 26 heavy (non-hydrogen) atoms. The van der Waals surface area contributed by atoms with Gasteiger partial charge in [-0.3, -0.25) is 4.79 Å². The van der Waals surface area contributed by atoms with E-state index in [0.717, 1.165) is 23.6 Å². The first-order valence-electron chi connectivity index (χ1n) is 8.45. The minimum atomic E-state index is -0.702. The van der Waals surface area contributed by atoms with Crippen molar-refractivity contribution >= 4 is 18.0 Å². The van der Waals surface area contributed by atoms with Gasteiger partial charge in [0.25, 0.3) is 5.91 Å². The van der Waals surface area contributed by atoms with Crippen molar-refractivity contribution in [3.63, 3.8) is 0 Å². The molecule has 2 aromatic carbocycles. The lowest BCUT2D eigenvalue weighted by atomic mass is 10.0. The number of carbonyl (C=O) groups excluding carboxylic acids is 2. The summed E-state index contributed by atoms with van der Waals surface area (Å²) >= 11 is 0. The van der Waals surface area contributed by atoms with E-state index in [0.29, 0.717) is 0 Å². The highest BCUT2D eigenvalue weighted by atomic mass is 19.1. The molecule has 0 saturated carbocycles. The molecule has 0 heterocycles. The standard InChI is InChI=1S/C21H22FNO3/c1-3-19(17-10-8-15(2)9-11-17)23-20(24)14-26-21(25)13-12-16-6-4-5-7-18(16)22/h4-13,19H,3,14H2,1-2H3,(H,23,24)/b13-12+/t19-/m1/s1. The van der Waals surface area contributed by atoms with Gasteiger partial charge in [-0.2, -0.15) is 0 Å². The highest BCUT2D eigenvalue weighted by Gasteiger charge is 2.13. The minimum Gasteiger partial charge on any atom is -0.452 e. The summed E-state index contributed by atoms with van der Waals surface area (Å²) in [6, 6.07) is 13.8. The Morgan fingerprint density at radius 2 is 1.85 bits per heavy atom. The lowest BCUT2D eigenvalue weighted by Gasteiger charge is -2.17. The molecule has 2 aromatic rings. The summed E-state index contributed by atoms with van der Waals surface area (Å²) in [5, 5.41) is 2.84. The van der Waals surface area contributed by atoms with Crippen molar-refractivity contribution in [2.24, 2.45) is 0 Å². The second kappa shape index (κ2) is 9.51. The van der Waals surface area contributed by atoms with Crippen molar-refractivity contribution in [3.8, 4) is 0 Å². The molecule has 0 bridgehead atoms. The zero-order valence-electron chi connectivity index (χ0n) is 14.9. The Labute approximate surface area is 152 Å². The first-order valence-corrected chi connectivity index (χ1v) is 8.45. The van der Waals surface area contributed by atoms with Gasteiger partial charge in [0, 0.05) is 11.6 Å². The van der Waals surface area contributed by atoms with E-state index in [1.54, 1.807) is 18.2 Å². The molecule has 0 aromatic heterocycles. The van der Waals surface area contributed by atoms with E-state index >= 15 is 0 Å². The van der Waals surface area contributed by atoms with E-state index in [1.807, 2.05) is 38.1 Å². The van der Waals surface area contributed by atoms with Crippen LogP contribution in [0.1, 0.15) is 36.1 Å². The van der Waals surface area contributed by atoms with E-state index in [-0.39, 0.29) is 24.1 Å². The van der Waals surface area contributed by atoms with E-state index < -0.39 is 11.8 Å². The van der Waals surface area contributed by atoms with Gasteiger partial charge in [-0.15, -0.1) is 0 Å². The molecule has 1 atom stereocenters. The van der Waals surface area contributed by atoms with Crippen LogP contribution in [0.4, 0.5) is 4.39 Å². The minimum absolute atomic E-state index is 0.143. The van der Waals surface area contributed by atoms with Crippen LogP contribution in [0.5, 0.6) is 0 Å². The van der Waals surface area contributed by atoms with Crippen molar-refractivity contribution in [2.75, 3.05) is 6.61 Å².